The predicted molar refractivity (Wildman–Crippen MR) is 133 cm³/mol. The summed E-state index contributed by atoms with van der Waals surface area (Å²) in [6, 6.07) is 2.44. The smallest absolute Gasteiger partial charge is 0.355 e. The molecule has 1 aliphatic carbocycles. The number of nitrogens with one attached hydrogen (secondary N) is 2. The normalized spacial score (nSPS) is 22.6. The number of hydrogen-bond donors (Lipinski definition) is 2. The van der Waals surface area contributed by atoms with Crippen molar-refractivity contribution in [3.8, 4) is 0 Å². The second-order valence-corrected chi connectivity index (χ2v) is 11.2. The molecule has 1 saturated heterocycles. The van der Waals surface area contributed by atoms with Gasteiger partial charge >= 0.3 is 6.18 Å². The third kappa shape index (κ3) is 6.32. The summed E-state index contributed by atoms with van der Waals surface area (Å²) in [4.78, 5) is 30.1. The lowest BCUT2D eigenvalue weighted by molar-refractivity contribution is -0.183. The Morgan fingerprint density at radius 3 is 2.63 bits per heavy atom. The largest absolute Gasteiger partial charge is 0.393 e. The van der Waals surface area contributed by atoms with E-state index in [1.54, 1.807) is 18.3 Å². The highest BCUT2D eigenvalue weighted by Crippen LogP contribution is 2.41. The van der Waals surface area contributed by atoms with Gasteiger partial charge in [-0.05, 0) is 42.5 Å². The number of hydrogen-bond acceptors (Lipinski definition) is 7. The minimum Gasteiger partial charge on any atom is -0.355 e. The van der Waals surface area contributed by atoms with Crippen molar-refractivity contribution in [3.05, 3.63) is 41.1 Å². The van der Waals surface area contributed by atoms with Crippen LogP contribution in [0, 0.1) is 17.8 Å². The maximum absolute atomic E-state index is 14.0. The Balaban J connectivity index is 1.40. The second-order valence-electron chi connectivity index (χ2n) is 11.2. The van der Waals surface area contributed by atoms with Gasteiger partial charge in [0.1, 0.15) is 5.69 Å². The van der Waals surface area contributed by atoms with E-state index in [0.29, 0.717) is 22.7 Å². The van der Waals surface area contributed by atoms with Gasteiger partial charge in [0.25, 0.3) is 5.91 Å². The Kier molecular flexibility index (Phi) is 7.72. The summed E-state index contributed by atoms with van der Waals surface area (Å²) < 4.78 is 73.8. The molecule has 4 heterocycles. The zero-order chi connectivity index (χ0) is 29.5. The first kappa shape index (κ1) is 28.9. The third-order valence-electron chi connectivity index (χ3n) is 7.89. The molecule has 10 nitrogen and oxygen atoms in total. The highest BCUT2D eigenvalue weighted by Gasteiger charge is 2.45. The second kappa shape index (κ2) is 11.0. The van der Waals surface area contributed by atoms with Crippen LogP contribution in [-0.2, 0) is 11.2 Å². The number of imidazole rings is 1. The number of aromatic nitrogens is 5. The zero-order valence-electron chi connectivity index (χ0n) is 22.4. The molecule has 222 valence electrons. The van der Waals surface area contributed by atoms with E-state index in [0.717, 1.165) is 0 Å². The van der Waals surface area contributed by atoms with Crippen molar-refractivity contribution in [1.29, 1.82) is 0 Å². The first-order valence-electron chi connectivity index (χ1n) is 13.5. The zero-order valence-corrected chi connectivity index (χ0v) is 22.4. The van der Waals surface area contributed by atoms with E-state index in [-0.39, 0.29) is 56.1 Å². The number of fused-ring (bicyclic) bond motifs is 1. The fourth-order valence-corrected chi connectivity index (χ4v) is 5.55. The summed E-state index contributed by atoms with van der Waals surface area (Å²) >= 11 is 0. The fraction of sp³-hybridized carbons (Fsp3) is 0.615. The van der Waals surface area contributed by atoms with Crippen LogP contribution in [0.3, 0.4) is 0 Å². The van der Waals surface area contributed by atoms with Gasteiger partial charge in [-0.3, -0.25) is 9.59 Å². The van der Waals surface area contributed by atoms with Gasteiger partial charge in [-0.15, -0.1) is 0 Å². The van der Waals surface area contributed by atoms with Crippen LogP contribution in [0.25, 0.3) is 5.65 Å². The van der Waals surface area contributed by atoms with Gasteiger partial charge in [-0.25, -0.2) is 22.9 Å². The standard InChI is InChI=1S/C26H30F5N7O3/c1-13(2)20-22(37-41-36-20)24(40)34-21(14-5-7-25(27,28)8-6-14)18-12-38-19(33-18)4-3-17(35-38)10-15-9-16(26(29,30)31)11-32-23(15)39/h3-4,12-16,21H,5-11H2,1-2H3,(H,32,39)(H,34,40)/t15?,16-,21+/m1/s1. The van der Waals surface area contributed by atoms with Crippen LogP contribution in [0.5, 0.6) is 0 Å². The van der Waals surface area contributed by atoms with Gasteiger partial charge in [-0.1, -0.05) is 19.0 Å². The molecule has 2 N–H and O–H groups in total. The third-order valence-corrected chi connectivity index (χ3v) is 7.89. The van der Waals surface area contributed by atoms with E-state index in [9.17, 15) is 31.5 Å². The molecule has 0 spiro atoms. The number of amides is 2. The molecular weight excluding hydrogens is 553 g/mol. The Morgan fingerprint density at radius 2 is 1.95 bits per heavy atom. The molecular formula is C26H30F5N7O3. The van der Waals surface area contributed by atoms with Crippen LogP contribution in [0.4, 0.5) is 22.0 Å². The molecule has 0 aromatic carbocycles. The number of halogens is 5. The van der Waals surface area contributed by atoms with Crippen LogP contribution in [0.15, 0.2) is 23.0 Å². The topological polar surface area (TPSA) is 127 Å². The summed E-state index contributed by atoms with van der Waals surface area (Å²) in [6.07, 6.45) is -3.55. The minimum atomic E-state index is -4.41. The van der Waals surface area contributed by atoms with Crippen LogP contribution in [-0.4, -0.2) is 55.4 Å². The summed E-state index contributed by atoms with van der Waals surface area (Å²) in [5.41, 5.74) is 1.51. The van der Waals surface area contributed by atoms with E-state index in [2.05, 4.69) is 31.0 Å². The van der Waals surface area contributed by atoms with Crippen LogP contribution in [0.2, 0.25) is 0 Å². The van der Waals surface area contributed by atoms with Gasteiger partial charge in [0.15, 0.2) is 11.3 Å². The summed E-state index contributed by atoms with van der Waals surface area (Å²) in [5, 5.41) is 17.2. The molecule has 1 saturated carbocycles. The van der Waals surface area contributed by atoms with Crippen molar-refractivity contribution in [2.24, 2.45) is 17.8 Å². The minimum absolute atomic E-state index is 0.00163. The molecule has 5 rings (SSSR count). The van der Waals surface area contributed by atoms with Crippen molar-refractivity contribution in [2.45, 2.75) is 76.4 Å². The Labute approximate surface area is 231 Å². The SMILES string of the molecule is CC(C)c1nonc1C(=O)N[C@H](c1cn2nc(CC3C[C@@H](C(F)(F)F)CNC3=O)ccc2n1)C1CCC(F)(F)CC1. The van der Waals surface area contributed by atoms with Gasteiger partial charge in [0.2, 0.25) is 11.8 Å². The van der Waals surface area contributed by atoms with E-state index in [1.807, 2.05) is 13.8 Å². The highest BCUT2D eigenvalue weighted by molar-refractivity contribution is 5.93. The van der Waals surface area contributed by atoms with E-state index < -0.39 is 48.3 Å². The van der Waals surface area contributed by atoms with Crippen molar-refractivity contribution < 1.29 is 36.2 Å². The number of carbonyl (C=O) groups excluding carboxylic acids is 2. The number of carbonyl (C=O) groups is 2. The Morgan fingerprint density at radius 1 is 1.22 bits per heavy atom. The van der Waals surface area contributed by atoms with Crippen molar-refractivity contribution >= 4 is 17.5 Å². The molecule has 41 heavy (non-hydrogen) atoms. The van der Waals surface area contributed by atoms with Gasteiger partial charge in [0, 0.05) is 37.6 Å². The maximum atomic E-state index is 14.0. The Bertz CT molecular complexity index is 1410. The predicted octanol–water partition coefficient (Wildman–Crippen LogP) is 4.39. The quantitative estimate of drug-likeness (QED) is 0.395. The molecule has 1 unspecified atom stereocenters. The maximum Gasteiger partial charge on any atom is 0.393 e. The average Bonchev–Trinajstić information content (AvgIpc) is 3.55. The lowest BCUT2D eigenvalue weighted by atomic mass is 9.81. The first-order valence-corrected chi connectivity index (χ1v) is 13.5. The van der Waals surface area contributed by atoms with Crippen molar-refractivity contribution in [3.63, 3.8) is 0 Å². The van der Waals surface area contributed by atoms with E-state index in [4.69, 9.17) is 4.63 Å². The fourth-order valence-electron chi connectivity index (χ4n) is 5.55. The van der Waals surface area contributed by atoms with Crippen molar-refractivity contribution in [2.75, 3.05) is 6.54 Å². The highest BCUT2D eigenvalue weighted by atomic mass is 19.4. The summed E-state index contributed by atoms with van der Waals surface area (Å²) in [5.74, 6) is -6.84. The molecule has 3 aromatic heterocycles. The monoisotopic (exact) mass is 583 g/mol. The number of alkyl halides is 5. The molecule has 1 aliphatic heterocycles. The molecule has 0 bridgehead atoms. The number of piperidine rings is 1. The summed E-state index contributed by atoms with van der Waals surface area (Å²) in [6.45, 7) is 3.20. The van der Waals surface area contributed by atoms with Gasteiger partial charge < -0.3 is 10.6 Å². The van der Waals surface area contributed by atoms with E-state index in [1.165, 1.54) is 4.52 Å². The Hall–Kier alpha value is -3.65. The molecule has 2 fully saturated rings. The number of nitrogens with zero attached hydrogens (tertiary/aromatic N) is 5. The molecule has 15 heteroatoms. The molecule has 0 radical (unpaired) electrons. The lowest BCUT2D eigenvalue weighted by Gasteiger charge is -2.33. The molecule has 2 amide bonds. The molecule has 3 atom stereocenters. The van der Waals surface area contributed by atoms with Crippen LogP contribution < -0.4 is 10.6 Å². The number of rotatable bonds is 7. The van der Waals surface area contributed by atoms with Crippen LogP contribution >= 0.6 is 0 Å². The lowest BCUT2D eigenvalue weighted by Crippen LogP contribution is -2.47. The first-order chi connectivity index (χ1) is 19.3. The van der Waals surface area contributed by atoms with Gasteiger partial charge in [-0.2, -0.15) is 18.3 Å². The van der Waals surface area contributed by atoms with Crippen LogP contribution in [0.1, 0.15) is 85.5 Å². The summed E-state index contributed by atoms with van der Waals surface area (Å²) in [7, 11) is 0. The average molecular weight is 584 g/mol. The molecule has 2 aliphatic rings. The van der Waals surface area contributed by atoms with Gasteiger partial charge in [0.05, 0.1) is 29.5 Å². The molecule has 3 aromatic rings. The van der Waals surface area contributed by atoms with E-state index >= 15 is 0 Å². The van der Waals surface area contributed by atoms with Crippen molar-refractivity contribution in [1.82, 2.24) is 35.5 Å².